The van der Waals surface area contributed by atoms with Gasteiger partial charge in [0.1, 0.15) is 0 Å². The van der Waals surface area contributed by atoms with Gasteiger partial charge in [-0.3, -0.25) is 14.3 Å². The number of fused-ring (bicyclic) bond motifs is 1. The average Bonchev–Trinajstić information content (AvgIpc) is 2.37. The van der Waals surface area contributed by atoms with Crippen molar-refractivity contribution in [3.05, 3.63) is 29.3 Å². The maximum absolute atomic E-state index is 12.0. The van der Waals surface area contributed by atoms with Gasteiger partial charge in [0.2, 0.25) is 5.91 Å². The molecule has 1 amide bonds. The monoisotopic (exact) mass is 260 g/mol. The zero-order valence-corrected chi connectivity index (χ0v) is 10.7. The van der Waals surface area contributed by atoms with Crippen molar-refractivity contribution in [1.82, 2.24) is 4.72 Å². The number of hydrogen-bond acceptors (Lipinski definition) is 4. The molecule has 0 saturated heterocycles. The topological polar surface area (TPSA) is 70.0 Å². The molecule has 0 fully saturated rings. The van der Waals surface area contributed by atoms with Crippen LogP contribution >= 0.6 is 11.9 Å². The highest BCUT2D eigenvalue weighted by atomic mass is 32.2. The molecule has 0 aliphatic carbocycles. The summed E-state index contributed by atoms with van der Waals surface area (Å²) in [5.74, 6) is -0.350. The highest BCUT2D eigenvalue weighted by Gasteiger charge is 2.20. The van der Waals surface area contributed by atoms with Crippen LogP contribution in [-0.4, -0.2) is 11.7 Å². The van der Waals surface area contributed by atoms with Crippen LogP contribution in [0.25, 0.3) is 0 Å². The van der Waals surface area contributed by atoms with Crippen LogP contribution in [-0.2, 0) is 11.2 Å². The normalized spacial score (nSPS) is 15.2. The van der Waals surface area contributed by atoms with Crippen LogP contribution in [0.4, 0.5) is 0 Å². The first-order chi connectivity index (χ1) is 8.61. The highest BCUT2D eigenvalue weighted by molar-refractivity contribution is 7.98. The first-order valence-corrected chi connectivity index (χ1v) is 6.43. The largest absolute Gasteiger partial charge is 0.296 e. The van der Waals surface area contributed by atoms with Crippen molar-refractivity contribution < 1.29 is 9.59 Å². The Morgan fingerprint density at radius 2 is 2.39 bits per heavy atom. The van der Waals surface area contributed by atoms with Crippen LogP contribution in [0.1, 0.15) is 29.3 Å². The summed E-state index contributed by atoms with van der Waals surface area (Å²) < 4.78 is 2.67. The molecule has 1 aliphatic heterocycles. The first kappa shape index (κ1) is 12.7. The summed E-state index contributed by atoms with van der Waals surface area (Å²) >= 11 is 1.24. The quantitative estimate of drug-likeness (QED) is 0.667. The molecule has 1 heterocycles. The van der Waals surface area contributed by atoms with Crippen LogP contribution in [0, 0.1) is 17.2 Å². The molecular weight excluding hydrogens is 248 g/mol. The van der Waals surface area contributed by atoms with Crippen molar-refractivity contribution in [3.63, 3.8) is 0 Å². The molecule has 1 aliphatic rings. The summed E-state index contributed by atoms with van der Waals surface area (Å²) in [6.45, 7) is 1.75. The molecule has 4 nitrogen and oxygen atoms in total. The Kier molecular flexibility index (Phi) is 3.68. The molecule has 18 heavy (non-hydrogen) atoms. The number of carbonyl (C=O) groups excluding carboxylic acids is 2. The Balaban J connectivity index is 2.24. The van der Waals surface area contributed by atoms with Crippen LogP contribution in [0.3, 0.4) is 0 Å². The van der Waals surface area contributed by atoms with Crippen LogP contribution in [0.15, 0.2) is 23.1 Å². The predicted molar refractivity (Wildman–Crippen MR) is 67.9 cm³/mol. The molecule has 0 bridgehead atoms. The highest BCUT2D eigenvalue weighted by Crippen LogP contribution is 2.27. The molecule has 0 spiro atoms. The Labute approximate surface area is 110 Å². The summed E-state index contributed by atoms with van der Waals surface area (Å²) in [7, 11) is 0. The zero-order valence-electron chi connectivity index (χ0n) is 9.90. The Bertz CT molecular complexity index is 548. The third-order valence-corrected chi connectivity index (χ3v) is 3.75. The zero-order chi connectivity index (χ0) is 13.1. The summed E-state index contributed by atoms with van der Waals surface area (Å²) in [5, 5.41) is 8.60. The van der Waals surface area contributed by atoms with Gasteiger partial charge < -0.3 is 0 Å². The van der Waals surface area contributed by atoms with Crippen LogP contribution < -0.4 is 4.72 Å². The number of benzene rings is 1. The summed E-state index contributed by atoms with van der Waals surface area (Å²) in [4.78, 5) is 24.1. The maximum Gasteiger partial charge on any atom is 0.234 e. The minimum atomic E-state index is -0.295. The SMILES string of the molecule is CC(CC#N)C(=O)c1ccc2c(c1)SNC(=O)C2. The number of Topliss-reactive ketones (excluding diaryl/α,β-unsaturated/α-hetero) is 1. The van der Waals surface area contributed by atoms with Crippen LogP contribution in [0.2, 0.25) is 0 Å². The number of hydrogen-bond donors (Lipinski definition) is 1. The minimum Gasteiger partial charge on any atom is -0.296 e. The maximum atomic E-state index is 12.0. The predicted octanol–water partition coefficient (Wildman–Crippen LogP) is 2.10. The van der Waals surface area contributed by atoms with Gasteiger partial charge >= 0.3 is 0 Å². The van der Waals surface area contributed by atoms with E-state index in [9.17, 15) is 9.59 Å². The van der Waals surface area contributed by atoms with E-state index in [1.807, 2.05) is 12.1 Å². The van der Waals surface area contributed by atoms with Gasteiger partial charge in [-0.05, 0) is 23.6 Å². The Morgan fingerprint density at radius 1 is 1.61 bits per heavy atom. The average molecular weight is 260 g/mol. The van der Waals surface area contributed by atoms with E-state index in [0.717, 1.165) is 10.5 Å². The van der Waals surface area contributed by atoms with E-state index >= 15 is 0 Å². The van der Waals surface area contributed by atoms with E-state index in [1.165, 1.54) is 11.9 Å². The van der Waals surface area contributed by atoms with E-state index in [1.54, 1.807) is 19.1 Å². The second kappa shape index (κ2) is 5.23. The molecule has 0 radical (unpaired) electrons. The number of nitrogens with zero attached hydrogens (tertiary/aromatic N) is 1. The fraction of sp³-hybridized carbons (Fsp3) is 0.308. The van der Waals surface area contributed by atoms with E-state index in [2.05, 4.69) is 4.72 Å². The summed E-state index contributed by atoms with van der Waals surface area (Å²) in [6.07, 6.45) is 0.574. The van der Waals surface area contributed by atoms with E-state index < -0.39 is 0 Å². The molecule has 1 N–H and O–H groups in total. The second-order valence-electron chi connectivity index (χ2n) is 4.25. The van der Waals surface area contributed by atoms with Gasteiger partial charge in [-0.25, -0.2) is 0 Å². The van der Waals surface area contributed by atoms with Gasteiger partial charge in [0, 0.05) is 22.8 Å². The Hall–Kier alpha value is -1.80. The minimum absolute atomic E-state index is 0.0237. The summed E-state index contributed by atoms with van der Waals surface area (Å²) in [5.41, 5.74) is 1.54. The number of carbonyl (C=O) groups is 2. The third kappa shape index (κ3) is 2.54. The number of ketones is 1. The lowest BCUT2D eigenvalue weighted by molar-refractivity contribution is -0.118. The van der Waals surface area contributed by atoms with Crippen molar-refractivity contribution in [2.24, 2.45) is 5.92 Å². The molecule has 2 rings (SSSR count). The van der Waals surface area contributed by atoms with Gasteiger partial charge in [-0.2, -0.15) is 5.26 Å². The van der Waals surface area contributed by atoms with E-state index in [-0.39, 0.29) is 24.0 Å². The molecule has 1 aromatic rings. The molecule has 5 heteroatoms. The van der Waals surface area contributed by atoms with Crippen molar-refractivity contribution in [2.75, 3.05) is 0 Å². The standard InChI is InChI=1S/C13H12N2O2S/c1-8(4-5-14)13(17)10-3-2-9-7-12(16)15-18-11(9)6-10/h2-3,6,8H,4,7H2,1H3,(H,15,16). The molecule has 1 unspecified atom stereocenters. The molecule has 92 valence electrons. The third-order valence-electron chi connectivity index (χ3n) is 2.82. The number of nitriles is 1. The van der Waals surface area contributed by atoms with Crippen LogP contribution in [0.5, 0.6) is 0 Å². The van der Waals surface area contributed by atoms with Gasteiger partial charge in [-0.1, -0.05) is 19.1 Å². The van der Waals surface area contributed by atoms with Gasteiger partial charge in [-0.15, -0.1) is 0 Å². The van der Waals surface area contributed by atoms with Gasteiger partial charge in [0.25, 0.3) is 0 Å². The number of nitrogens with one attached hydrogen (secondary N) is 1. The molecule has 1 aromatic carbocycles. The second-order valence-corrected chi connectivity index (χ2v) is 5.10. The molecule has 0 saturated carbocycles. The van der Waals surface area contributed by atoms with Crippen molar-refractivity contribution >= 4 is 23.6 Å². The van der Waals surface area contributed by atoms with E-state index in [0.29, 0.717) is 12.0 Å². The fourth-order valence-electron chi connectivity index (χ4n) is 1.78. The lowest BCUT2D eigenvalue weighted by Crippen LogP contribution is -2.23. The van der Waals surface area contributed by atoms with Crippen molar-refractivity contribution in [2.45, 2.75) is 24.7 Å². The number of rotatable bonds is 3. The Morgan fingerprint density at radius 3 is 3.11 bits per heavy atom. The van der Waals surface area contributed by atoms with Crippen molar-refractivity contribution in [1.29, 1.82) is 5.26 Å². The van der Waals surface area contributed by atoms with Crippen molar-refractivity contribution in [3.8, 4) is 6.07 Å². The smallest absolute Gasteiger partial charge is 0.234 e. The molecular formula is C13H12N2O2S. The first-order valence-electron chi connectivity index (χ1n) is 5.61. The van der Waals surface area contributed by atoms with Gasteiger partial charge in [0.05, 0.1) is 12.5 Å². The molecule has 1 atom stereocenters. The number of amides is 1. The van der Waals surface area contributed by atoms with E-state index in [4.69, 9.17) is 5.26 Å². The summed E-state index contributed by atoms with van der Waals surface area (Å²) in [6, 6.07) is 7.33. The lowest BCUT2D eigenvalue weighted by Gasteiger charge is -2.16. The lowest BCUT2D eigenvalue weighted by atomic mass is 9.96. The molecule has 0 aromatic heterocycles. The fourth-order valence-corrected chi connectivity index (χ4v) is 2.54. The van der Waals surface area contributed by atoms with Gasteiger partial charge in [0.15, 0.2) is 5.78 Å².